The molecule has 1 N–H and O–H groups in total. The van der Waals surface area contributed by atoms with Gasteiger partial charge in [-0.25, -0.2) is 4.79 Å². The zero-order valence-corrected chi connectivity index (χ0v) is 11.5. The maximum Gasteiger partial charge on any atom is 0.410 e. The summed E-state index contributed by atoms with van der Waals surface area (Å²) in [6.07, 6.45) is 0.581. The van der Waals surface area contributed by atoms with E-state index in [9.17, 15) is 4.79 Å². The Balaban J connectivity index is 1.95. The smallest absolute Gasteiger partial charge is 0.410 e. The molecule has 1 amide bonds. The molecule has 5 heteroatoms. The number of amides is 1. The molecule has 100 valence electrons. The van der Waals surface area contributed by atoms with E-state index in [4.69, 9.17) is 16.3 Å². The van der Waals surface area contributed by atoms with Crippen LogP contribution >= 0.6 is 11.6 Å². The lowest BCUT2D eigenvalue weighted by Gasteiger charge is -2.26. The number of rotatable bonds is 1. The standard InChI is InChI=1S/C14H15ClN2O2/c1-2-19-14(18)17-6-5-12-11(8-17)10-4-3-9(15)7-13(10)16-12/h3-4,7,16H,2,5-6,8H2,1H3. The molecule has 1 aliphatic rings. The Morgan fingerprint density at radius 1 is 1.53 bits per heavy atom. The molecule has 0 aliphatic carbocycles. The summed E-state index contributed by atoms with van der Waals surface area (Å²) < 4.78 is 5.06. The predicted octanol–water partition coefficient (Wildman–Crippen LogP) is 3.34. The SMILES string of the molecule is CCOC(=O)N1CCc2[nH]c3cc(Cl)ccc3c2C1. The summed E-state index contributed by atoms with van der Waals surface area (Å²) in [6.45, 7) is 3.51. The zero-order valence-electron chi connectivity index (χ0n) is 10.7. The molecule has 2 heterocycles. The Kier molecular flexibility index (Phi) is 3.11. The molecule has 1 aromatic heterocycles. The van der Waals surface area contributed by atoms with Gasteiger partial charge in [-0.3, -0.25) is 0 Å². The highest BCUT2D eigenvalue weighted by molar-refractivity contribution is 6.31. The first kappa shape index (κ1) is 12.4. The summed E-state index contributed by atoms with van der Waals surface area (Å²) in [5, 5.41) is 1.85. The van der Waals surface area contributed by atoms with Gasteiger partial charge in [0, 0.05) is 40.1 Å². The number of H-pyrrole nitrogens is 1. The van der Waals surface area contributed by atoms with Gasteiger partial charge in [-0.15, -0.1) is 0 Å². The number of hydrogen-bond acceptors (Lipinski definition) is 2. The lowest BCUT2D eigenvalue weighted by molar-refractivity contribution is 0.103. The molecular formula is C14H15ClN2O2. The van der Waals surface area contributed by atoms with Crippen molar-refractivity contribution in [3.8, 4) is 0 Å². The summed E-state index contributed by atoms with van der Waals surface area (Å²) in [6, 6.07) is 5.80. The molecule has 0 spiro atoms. The minimum absolute atomic E-state index is 0.239. The number of carbonyl (C=O) groups excluding carboxylic acids is 1. The van der Waals surface area contributed by atoms with Crippen LogP contribution in [0.25, 0.3) is 10.9 Å². The number of aromatic amines is 1. The van der Waals surface area contributed by atoms with Crippen LogP contribution < -0.4 is 0 Å². The highest BCUT2D eigenvalue weighted by Gasteiger charge is 2.24. The Morgan fingerprint density at radius 3 is 3.16 bits per heavy atom. The van der Waals surface area contributed by atoms with Crippen LogP contribution in [0.1, 0.15) is 18.2 Å². The summed E-state index contributed by atoms with van der Waals surface area (Å²) in [5.74, 6) is 0. The van der Waals surface area contributed by atoms with E-state index in [1.807, 2.05) is 25.1 Å². The molecule has 0 unspecified atom stereocenters. The topological polar surface area (TPSA) is 45.3 Å². The van der Waals surface area contributed by atoms with Gasteiger partial charge in [-0.1, -0.05) is 17.7 Å². The van der Waals surface area contributed by atoms with Crippen LogP contribution in [0.3, 0.4) is 0 Å². The number of carbonyl (C=O) groups is 1. The average molecular weight is 279 g/mol. The molecule has 0 bridgehead atoms. The molecule has 0 fully saturated rings. The van der Waals surface area contributed by atoms with E-state index in [0.717, 1.165) is 17.3 Å². The lowest BCUT2D eigenvalue weighted by Crippen LogP contribution is -2.36. The quantitative estimate of drug-likeness (QED) is 0.869. The third-order valence-corrected chi connectivity index (χ3v) is 3.70. The fourth-order valence-corrected chi connectivity index (χ4v) is 2.74. The molecular weight excluding hydrogens is 264 g/mol. The Labute approximate surface area is 116 Å². The van der Waals surface area contributed by atoms with E-state index in [-0.39, 0.29) is 6.09 Å². The zero-order chi connectivity index (χ0) is 13.4. The second-order valence-electron chi connectivity index (χ2n) is 4.64. The summed E-state index contributed by atoms with van der Waals surface area (Å²) in [5.41, 5.74) is 3.40. The first-order chi connectivity index (χ1) is 9.19. The monoisotopic (exact) mass is 278 g/mol. The molecule has 0 saturated carbocycles. The number of hydrogen-bond donors (Lipinski definition) is 1. The maximum absolute atomic E-state index is 11.8. The lowest BCUT2D eigenvalue weighted by atomic mass is 10.1. The van der Waals surface area contributed by atoms with E-state index in [0.29, 0.717) is 24.7 Å². The van der Waals surface area contributed by atoms with Crippen LogP contribution in [-0.2, 0) is 17.7 Å². The van der Waals surface area contributed by atoms with Gasteiger partial charge in [0.1, 0.15) is 0 Å². The number of aromatic nitrogens is 1. The number of fused-ring (bicyclic) bond motifs is 3. The first-order valence-electron chi connectivity index (χ1n) is 6.39. The maximum atomic E-state index is 11.8. The first-order valence-corrected chi connectivity index (χ1v) is 6.77. The van der Waals surface area contributed by atoms with E-state index in [1.165, 1.54) is 11.3 Å². The van der Waals surface area contributed by atoms with Crippen LogP contribution in [0, 0.1) is 0 Å². The van der Waals surface area contributed by atoms with Gasteiger partial charge in [-0.2, -0.15) is 0 Å². The number of benzene rings is 1. The van der Waals surface area contributed by atoms with Crippen molar-refractivity contribution in [3.05, 3.63) is 34.5 Å². The minimum atomic E-state index is -0.239. The van der Waals surface area contributed by atoms with Crippen LogP contribution in [0.4, 0.5) is 4.79 Å². The van der Waals surface area contributed by atoms with E-state index in [2.05, 4.69) is 4.98 Å². The van der Waals surface area contributed by atoms with E-state index in [1.54, 1.807) is 4.90 Å². The molecule has 4 nitrogen and oxygen atoms in total. The fraction of sp³-hybridized carbons (Fsp3) is 0.357. The Hall–Kier alpha value is -1.68. The predicted molar refractivity (Wildman–Crippen MR) is 74.4 cm³/mol. The molecule has 0 radical (unpaired) electrons. The summed E-state index contributed by atoms with van der Waals surface area (Å²) >= 11 is 6.00. The van der Waals surface area contributed by atoms with Crippen molar-refractivity contribution in [1.82, 2.24) is 9.88 Å². The van der Waals surface area contributed by atoms with Crippen LogP contribution in [0.2, 0.25) is 5.02 Å². The molecule has 2 aromatic rings. The number of ether oxygens (including phenoxy) is 1. The van der Waals surface area contributed by atoms with Crippen molar-refractivity contribution in [3.63, 3.8) is 0 Å². The average Bonchev–Trinajstić information content (AvgIpc) is 2.75. The Bertz CT molecular complexity index is 636. The number of nitrogens with one attached hydrogen (secondary N) is 1. The molecule has 0 saturated heterocycles. The van der Waals surface area contributed by atoms with Crippen LogP contribution in [-0.4, -0.2) is 29.1 Å². The van der Waals surface area contributed by atoms with Gasteiger partial charge in [0.05, 0.1) is 13.2 Å². The van der Waals surface area contributed by atoms with Gasteiger partial charge in [0.25, 0.3) is 0 Å². The second kappa shape index (κ2) is 4.78. The fourth-order valence-electron chi connectivity index (χ4n) is 2.56. The third-order valence-electron chi connectivity index (χ3n) is 3.46. The number of halogens is 1. The molecule has 1 aliphatic heterocycles. The molecule has 3 rings (SSSR count). The van der Waals surface area contributed by atoms with E-state index < -0.39 is 0 Å². The Morgan fingerprint density at radius 2 is 2.37 bits per heavy atom. The van der Waals surface area contributed by atoms with Crippen molar-refractivity contribution in [2.24, 2.45) is 0 Å². The summed E-state index contributed by atoms with van der Waals surface area (Å²) in [4.78, 5) is 16.9. The largest absolute Gasteiger partial charge is 0.450 e. The van der Waals surface area contributed by atoms with Crippen molar-refractivity contribution in [1.29, 1.82) is 0 Å². The van der Waals surface area contributed by atoms with Gasteiger partial charge < -0.3 is 14.6 Å². The molecule has 1 aromatic carbocycles. The molecule has 0 atom stereocenters. The van der Waals surface area contributed by atoms with Gasteiger partial charge >= 0.3 is 6.09 Å². The van der Waals surface area contributed by atoms with Crippen molar-refractivity contribution in [2.45, 2.75) is 19.9 Å². The second-order valence-corrected chi connectivity index (χ2v) is 5.08. The van der Waals surface area contributed by atoms with Crippen molar-refractivity contribution >= 4 is 28.6 Å². The van der Waals surface area contributed by atoms with Gasteiger partial charge in [-0.05, 0) is 19.1 Å². The highest BCUT2D eigenvalue weighted by atomic mass is 35.5. The van der Waals surface area contributed by atoms with Crippen molar-refractivity contribution in [2.75, 3.05) is 13.2 Å². The highest BCUT2D eigenvalue weighted by Crippen LogP contribution is 2.29. The van der Waals surface area contributed by atoms with Crippen LogP contribution in [0.5, 0.6) is 0 Å². The van der Waals surface area contributed by atoms with Gasteiger partial charge in [0.2, 0.25) is 0 Å². The number of nitrogens with zero attached hydrogens (tertiary/aromatic N) is 1. The van der Waals surface area contributed by atoms with Crippen LogP contribution in [0.15, 0.2) is 18.2 Å². The van der Waals surface area contributed by atoms with Gasteiger partial charge in [0.15, 0.2) is 0 Å². The third kappa shape index (κ3) is 2.16. The molecule has 19 heavy (non-hydrogen) atoms. The normalized spacial score (nSPS) is 14.5. The van der Waals surface area contributed by atoms with Crippen molar-refractivity contribution < 1.29 is 9.53 Å². The minimum Gasteiger partial charge on any atom is -0.450 e. The summed E-state index contributed by atoms with van der Waals surface area (Å²) in [7, 11) is 0. The van der Waals surface area contributed by atoms with E-state index >= 15 is 0 Å².